The molecule has 0 aromatic rings. The molecule has 0 aromatic heterocycles. The van der Waals surface area contributed by atoms with E-state index in [0.717, 1.165) is 18.9 Å². The third-order valence-electron chi connectivity index (χ3n) is 1.81. The fourth-order valence-electron chi connectivity index (χ4n) is 1.09. The van der Waals surface area contributed by atoms with Crippen molar-refractivity contribution >= 4 is 11.7 Å². The van der Waals surface area contributed by atoms with Gasteiger partial charge >= 0.3 is 0 Å². The largest absolute Gasteiger partial charge is 0.291 e. The zero-order valence-corrected chi connectivity index (χ0v) is 7.69. The number of nitrogens with two attached hydrogens (primary N) is 1. The van der Waals surface area contributed by atoms with Crippen LogP contribution >= 0.6 is 0 Å². The van der Waals surface area contributed by atoms with E-state index >= 15 is 0 Å². The smallest absolute Gasteiger partial charge is 0.258 e. The summed E-state index contributed by atoms with van der Waals surface area (Å²) in [4.78, 5) is 22.1. The summed E-state index contributed by atoms with van der Waals surface area (Å²) < 4.78 is 0. The Morgan fingerprint density at radius 2 is 2.14 bits per heavy atom. The number of amides is 1. The molecule has 0 aromatic carbocycles. The van der Waals surface area contributed by atoms with Crippen LogP contribution in [-0.2, 0) is 9.59 Å². The van der Waals surface area contributed by atoms with E-state index < -0.39 is 5.91 Å². The van der Waals surface area contributed by atoms with Crippen molar-refractivity contribution in [3.05, 3.63) is 36.0 Å². The van der Waals surface area contributed by atoms with Gasteiger partial charge in [0.25, 0.3) is 5.91 Å². The monoisotopic (exact) mass is 192 g/mol. The van der Waals surface area contributed by atoms with Crippen LogP contribution in [0.15, 0.2) is 36.0 Å². The molecule has 0 spiro atoms. The molecule has 1 rings (SSSR count). The van der Waals surface area contributed by atoms with Gasteiger partial charge in [-0.2, -0.15) is 0 Å². The highest BCUT2D eigenvalue weighted by atomic mass is 16.2. The summed E-state index contributed by atoms with van der Waals surface area (Å²) in [6, 6.07) is 0. The predicted octanol–water partition coefficient (Wildman–Crippen LogP) is 0.378. The Morgan fingerprint density at radius 1 is 1.36 bits per heavy atom. The first-order valence-electron chi connectivity index (χ1n) is 4.33. The van der Waals surface area contributed by atoms with E-state index in [1.54, 1.807) is 6.08 Å². The summed E-state index contributed by atoms with van der Waals surface area (Å²) in [5.41, 5.74) is 2.53. The Hall–Kier alpha value is -1.68. The van der Waals surface area contributed by atoms with Crippen molar-refractivity contribution < 1.29 is 9.59 Å². The normalized spacial score (nSPS) is 15.4. The van der Waals surface area contributed by atoms with E-state index in [2.05, 4.69) is 0 Å². The first-order chi connectivity index (χ1) is 6.74. The number of hydrazine groups is 1. The van der Waals surface area contributed by atoms with E-state index in [-0.39, 0.29) is 5.78 Å². The van der Waals surface area contributed by atoms with Crippen LogP contribution in [0.3, 0.4) is 0 Å². The van der Waals surface area contributed by atoms with E-state index in [9.17, 15) is 9.59 Å². The molecular formula is C10H12N2O2. The molecule has 1 amide bonds. The van der Waals surface area contributed by atoms with Crippen LogP contribution in [0.1, 0.15) is 12.8 Å². The van der Waals surface area contributed by atoms with Crippen molar-refractivity contribution in [1.29, 1.82) is 0 Å². The second-order valence-electron chi connectivity index (χ2n) is 2.85. The Bertz CT molecular complexity index is 327. The molecule has 4 heteroatoms. The van der Waals surface area contributed by atoms with Gasteiger partial charge in [0.15, 0.2) is 5.78 Å². The maximum atomic E-state index is 11.4. The van der Waals surface area contributed by atoms with Crippen molar-refractivity contribution in [2.45, 2.75) is 12.8 Å². The number of hydrogen-bond acceptors (Lipinski definition) is 3. The molecule has 0 saturated carbocycles. The topological polar surface area (TPSA) is 72.2 Å². The van der Waals surface area contributed by atoms with Crippen LogP contribution < -0.4 is 11.3 Å². The first-order valence-corrected chi connectivity index (χ1v) is 4.33. The summed E-state index contributed by atoms with van der Waals surface area (Å²) in [5, 5.41) is 0. The lowest BCUT2D eigenvalue weighted by atomic mass is 10.0. The summed E-state index contributed by atoms with van der Waals surface area (Å²) in [5.74, 6) is 4.18. The standard InChI is InChI=1S/C10H12N2O2/c11-12-10(14)7-6-9(13)8-4-2-1-3-5-8/h2,4-7H,1,3,11H2,(H,12,14)/b7-6+. The molecule has 3 N–H and O–H groups in total. The average molecular weight is 192 g/mol. The lowest BCUT2D eigenvalue weighted by Gasteiger charge is -2.01. The molecular weight excluding hydrogens is 180 g/mol. The van der Waals surface area contributed by atoms with Crippen molar-refractivity contribution in [2.75, 3.05) is 0 Å². The number of carbonyl (C=O) groups excluding carboxylic acids is 2. The van der Waals surface area contributed by atoms with Crippen LogP contribution in [0.2, 0.25) is 0 Å². The number of ketones is 1. The minimum atomic E-state index is -0.487. The van der Waals surface area contributed by atoms with E-state index in [1.165, 1.54) is 6.08 Å². The van der Waals surface area contributed by atoms with Gasteiger partial charge in [0, 0.05) is 11.6 Å². The highest BCUT2D eigenvalue weighted by Crippen LogP contribution is 2.10. The highest BCUT2D eigenvalue weighted by Gasteiger charge is 2.04. The van der Waals surface area contributed by atoms with Gasteiger partial charge in [-0.25, -0.2) is 5.84 Å². The van der Waals surface area contributed by atoms with E-state index in [1.807, 2.05) is 17.6 Å². The van der Waals surface area contributed by atoms with E-state index in [4.69, 9.17) is 5.84 Å². The molecule has 0 radical (unpaired) electrons. The van der Waals surface area contributed by atoms with Gasteiger partial charge in [-0.1, -0.05) is 18.2 Å². The van der Waals surface area contributed by atoms with Gasteiger partial charge in [-0.3, -0.25) is 15.0 Å². The molecule has 0 unspecified atom stereocenters. The predicted molar refractivity (Wildman–Crippen MR) is 52.9 cm³/mol. The molecule has 0 heterocycles. The lowest BCUT2D eigenvalue weighted by Crippen LogP contribution is -2.28. The molecule has 0 saturated heterocycles. The molecule has 0 atom stereocenters. The second-order valence-corrected chi connectivity index (χ2v) is 2.85. The molecule has 0 bridgehead atoms. The molecule has 4 nitrogen and oxygen atoms in total. The fourth-order valence-corrected chi connectivity index (χ4v) is 1.09. The van der Waals surface area contributed by atoms with E-state index in [0.29, 0.717) is 5.57 Å². The summed E-state index contributed by atoms with van der Waals surface area (Å²) in [6.45, 7) is 0. The van der Waals surface area contributed by atoms with Gasteiger partial charge in [0.1, 0.15) is 0 Å². The number of nitrogens with one attached hydrogen (secondary N) is 1. The number of rotatable bonds is 3. The molecule has 0 aliphatic heterocycles. The molecule has 1 aliphatic carbocycles. The van der Waals surface area contributed by atoms with Crippen LogP contribution in [0.5, 0.6) is 0 Å². The van der Waals surface area contributed by atoms with Crippen molar-refractivity contribution in [2.24, 2.45) is 5.84 Å². The third kappa shape index (κ3) is 2.99. The number of allylic oxidation sites excluding steroid dienone is 5. The highest BCUT2D eigenvalue weighted by molar-refractivity contribution is 6.08. The van der Waals surface area contributed by atoms with Gasteiger partial charge in [-0.05, 0) is 18.9 Å². The fraction of sp³-hybridized carbons (Fsp3) is 0.200. The molecule has 14 heavy (non-hydrogen) atoms. The Kier molecular flexibility index (Phi) is 3.82. The second kappa shape index (κ2) is 5.14. The lowest BCUT2D eigenvalue weighted by molar-refractivity contribution is -0.117. The van der Waals surface area contributed by atoms with Crippen molar-refractivity contribution in [1.82, 2.24) is 5.43 Å². The van der Waals surface area contributed by atoms with Crippen LogP contribution in [-0.4, -0.2) is 11.7 Å². The average Bonchev–Trinajstić information content (AvgIpc) is 2.26. The zero-order valence-electron chi connectivity index (χ0n) is 7.69. The third-order valence-corrected chi connectivity index (χ3v) is 1.81. The number of carbonyl (C=O) groups is 2. The van der Waals surface area contributed by atoms with Crippen LogP contribution in [0.25, 0.3) is 0 Å². The maximum absolute atomic E-state index is 11.4. The Labute approximate surface area is 82.1 Å². The summed E-state index contributed by atoms with van der Waals surface area (Å²) >= 11 is 0. The van der Waals surface area contributed by atoms with Crippen molar-refractivity contribution in [3.8, 4) is 0 Å². The zero-order chi connectivity index (χ0) is 10.4. The minimum Gasteiger partial charge on any atom is -0.291 e. The van der Waals surface area contributed by atoms with Crippen molar-refractivity contribution in [3.63, 3.8) is 0 Å². The minimum absolute atomic E-state index is 0.176. The summed E-state index contributed by atoms with van der Waals surface area (Å²) in [6.07, 6.45) is 9.71. The van der Waals surface area contributed by atoms with Gasteiger partial charge in [0.05, 0.1) is 0 Å². The quantitative estimate of drug-likeness (QED) is 0.294. The maximum Gasteiger partial charge on any atom is 0.258 e. The number of hydrogen-bond donors (Lipinski definition) is 2. The first kappa shape index (κ1) is 10.4. The molecule has 0 fully saturated rings. The summed E-state index contributed by atoms with van der Waals surface area (Å²) in [7, 11) is 0. The van der Waals surface area contributed by atoms with Crippen LogP contribution in [0, 0.1) is 0 Å². The Morgan fingerprint density at radius 3 is 2.71 bits per heavy atom. The van der Waals surface area contributed by atoms with Gasteiger partial charge in [0.2, 0.25) is 0 Å². The Balaban J connectivity index is 2.58. The SMILES string of the molecule is NNC(=O)/C=C/C(=O)C1=CCCC=C1. The van der Waals surface area contributed by atoms with Gasteiger partial charge < -0.3 is 0 Å². The molecule has 1 aliphatic rings. The van der Waals surface area contributed by atoms with Crippen LogP contribution in [0.4, 0.5) is 0 Å². The van der Waals surface area contributed by atoms with Gasteiger partial charge in [-0.15, -0.1) is 0 Å². The molecule has 74 valence electrons.